The molecular weight excluding hydrogens is 712 g/mol. The molecular formula is C36H35Cl4N3O4S. The van der Waals surface area contributed by atoms with Crippen molar-refractivity contribution in [2.45, 2.75) is 62.0 Å². The Morgan fingerprint density at radius 2 is 1.46 bits per heavy atom. The van der Waals surface area contributed by atoms with Crippen molar-refractivity contribution in [3.8, 4) is 0 Å². The number of benzene rings is 4. The summed E-state index contributed by atoms with van der Waals surface area (Å²) in [6.45, 7) is -0.649. The van der Waals surface area contributed by atoms with E-state index in [4.69, 9.17) is 46.4 Å². The van der Waals surface area contributed by atoms with Gasteiger partial charge in [0, 0.05) is 29.1 Å². The van der Waals surface area contributed by atoms with E-state index >= 15 is 0 Å². The molecule has 0 unspecified atom stereocenters. The Bertz CT molecular complexity index is 1840. The number of nitrogens with zero attached hydrogens (tertiary/aromatic N) is 2. The molecule has 0 aromatic heterocycles. The van der Waals surface area contributed by atoms with Gasteiger partial charge in [0.2, 0.25) is 11.8 Å². The Hall–Kier alpha value is -3.27. The van der Waals surface area contributed by atoms with E-state index in [1.807, 2.05) is 30.3 Å². The van der Waals surface area contributed by atoms with Gasteiger partial charge in [-0.05, 0) is 78.6 Å². The van der Waals surface area contributed by atoms with Crippen molar-refractivity contribution in [2.24, 2.45) is 0 Å². The van der Waals surface area contributed by atoms with Gasteiger partial charge in [0.05, 0.1) is 20.6 Å². The third-order valence-electron chi connectivity index (χ3n) is 8.34. The first-order valence-electron chi connectivity index (χ1n) is 15.6. The topological polar surface area (TPSA) is 86.8 Å². The minimum absolute atomic E-state index is 0.0142. The average molecular weight is 748 g/mol. The Morgan fingerprint density at radius 1 is 0.750 bits per heavy atom. The van der Waals surface area contributed by atoms with Gasteiger partial charge >= 0.3 is 0 Å². The highest BCUT2D eigenvalue weighted by molar-refractivity contribution is 7.92. The highest BCUT2D eigenvalue weighted by Gasteiger charge is 2.35. The molecule has 0 spiro atoms. The highest BCUT2D eigenvalue weighted by atomic mass is 35.5. The zero-order valence-corrected chi connectivity index (χ0v) is 29.8. The van der Waals surface area contributed by atoms with E-state index in [9.17, 15) is 18.0 Å². The van der Waals surface area contributed by atoms with E-state index in [0.29, 0.717) is 20.6 Å². The monoisotopic (exact) mass is 745 g/mol. The van der Waals surface area contributed by atoms with E-state index in [-0.39, 0.29) is 40.5 Å². The van der Waals surface area contributed by atoms with Crippen LogP contribution < -0.4 is 9.62 Å². The summed E-state index contributed by atoms with van der Waals surface area (Å²) in [5, 5.41) is 4.48. The maximum atomic E-state index is 14.7. The van der Waals surface area contributed by atoms with Crippen LogP contribution in [0, 0.1) is 0 Å². The van der Waals surface area contributed by atoms with Gasteiger partial charge in [0.1, 0.15) is 12.6 Å². The lowest BCUT2D eigenvalue weighted by molar-refractivity contribution is -0.140. The van der Waals surface area contributed by atoms with Crippen LogP contribution in [0.5, 0.6) is 0 Å². The molecule has 48 heavy (non-hydrogen) atoms. The number of halogens is 4. The smallest absolute Gasteiger partial charge is 0.264 e. The first-order valence-corrected chi connectivity index (χ1v) is 18.6. The molecule has 1 saturated carbocycles. The van der Waals surface area contributed by atoms with Gasteiger partial charge in [-0.25, -0.2) is 8.42 Å². The molecule has 0 bridgehead atoms. The number of amides is 2. The molecule has 1 fully saturated rings. The first kappa shape index (κ1) is 36.0. The van der Waals surface area contributed by atoms with Crippen molar-refractivity contribution >= 4 is 73.9 Å². The summed E-state index contributed by atoms with van der Waals surface area (Å²) in [4.78, 5) is 30.2. The standard InChI is InChI=1S/C36H35Cl4N3O4S/c37-27-15-17-31(18-16-27)48(46,47)43(30-13-7-10-28(38)22-30)24-35(44)42(23-26-14-19-32(39)33(40)20-26)34(21-25-8-3-1-4-9-25)36(45)41-29-11-5-2-6-12-29/h1,3-4,7-10,13-20,22,29,34H,2,5-6,11-12,21,23-24H2,(H,41,45)/t34-/m1/s1. The second-order valence-electron chi connectivity index (χ2n) is 11.8. The molecule has 7 nitrogen and oxygen atoms in total. The summed E-state index contributed by atoms with van der Waals surface area (Å²) in [5.74, 6) is -0.910. The summed E-state index contributed by atoms with van der Waals surface area (Å²) >= 11 is 24.9. The number of hydrogen-bond acceptors (Lipinski definition) is 4. The van der Waals surface area contributed by atoms with Gasteiger partial charge < -0.3 is 10.2 Å². The molecule has 1 aliphatic rings. The molecule has 0 radical (unpaired) electrons. The summed E-state index contributed by atoms with van der Waals surface area (Å²) in [7, 11) is -4.30. The van der Waals surface area contributed by atoms with Gasteiger partial charge in [-0.1, -0.05) is 108 Å². The second kappa shape index (κ2) is 16.4. The van der Waals surface area contributed by atoms with Crippen LogP contribution >= 0.6 is 46.4 Å². The van der Waals surface area contributed by atoms with Crippen molar-refractivity contribution in [1.82, 2.24) is 10.2 Å². The molecule has 2 amide bonds. The summed E-state index contributed by atoms with van der Waals surface area (Å²) in [6.07, 6.45) is 5.05. The van der Waals surface area contributed by atoms with Crippen molar-refractivity contribution in [3.05, 3.63) is 128 Å². The van der Waals surface area contributed by atoms with E-state index in [0.717, 1.165) is 42.0 Å². The predicted molar refractivity (Wildman–Crippen MR) is 193 cm³/mol. The van der Waals surface area contributed by atoms with Crippen LogP contribution in [0.25, 0.3) is 0 Å². The molecule has 5 rings (SSSR count). The third-order valence-corrected chi connectivity index (χ3v) is 11.4. The molecule has 12 heteroatoms. The fourth-order valence-electron chi connectivity index (χ4n) is 5.83. The number of carbonyl (C=O) groups is 2. The molecule has 1 aliphatic carbocycles. The predicted octanol–water partition coefficient (Wildman–Crippen LogP) is 8.58. The van der Waals surface area contributed by atoms with Gasteiger partial charge in [-0.2, -0.15) is 0 Å². The molecule has 0 saturated heterocycles. The molecule has 0 heterocycles. The minimum Gasteiger partial charge on any atom is -0.352 e. The molecule has 4 aromatic carbocycles. The zero-order valence-electron chi connectivity index (χ0n) is 26.0. The van der Waals surface area contributed by atoms with Crippen molar-refractivity contribution in [2.75, 3.05) is 10.8 Å². The zero-order chi connectivity index (χ0) is 34.3. The Balaban J connectivity index is 1.57. The second-order valence-corrected chi connectivity index (χ2v) is 15.3. The minimum atomic E-state index is -4.30. The van der Waals surface area contributed by atoms with Crippen molar-refractivity contribution in [3.63, 3.8) is 0 Å². The average Bonchev–Trinajstić information content (AvgIpc) is 3.07. The van der Waals surface area contributed by atoms with E-state index in [1.54, 1.807) is 36.4 Å². The number of sulfonamides is 1. The van der Waals surface area contributed by atoms with Crippen LogP contribution in [0.2, 0.25) is 20.1 Å². The molecule has 0 aliphatic heterocycles. The molecule has 252 valence electrons. The van der Waals surface area contributed by atoms with Crippen LogP contribution in [-0.4, -0.2) is 43.8 Å². The summed E-state index contributed by atoms with van der Waals surface area (Å²) in [6, 6.07) is 25.4. The summed E-state index contributed by atoms with van der Waals surface area (Å²) in [5.41, 5.74) is 1.65. The van der Waals surface area contributed by atoms with Gasteiger partial charge in [0.15, 0.2) is 0 Å². The van der Waals surface area contributed by atoms with Gasteiger partial charge in [-0.3, -0.25) is 13.9 Å². The van der Waals surface area contributed by atoms with Crippen LogP contribution in [-0.2, 0) is 32.6 Å². The van der Waals surface area contributed by atoms with Crippen LogP contribution in [0.1, 0.15) is 43.2 Å². The maximum Gasteiger partial charge on any atom is 0.264 e. The molecule has 1 N–H and O–H groups in total. The lowest BCUT2D eigenvalue weighted by atomic mass is 9.94. The molecule has 1 atom stereocenters. The van der Waals surface area contributed by atoms with Crippen LogP contribution in [0.3, 0.4) is 0 Å². The Morgan fingerprint density at radius 3 is 2.12 bits per heavy atom. The highest BCUT2D eigenvalue weighted by Crippen LogP contribution is 2.29. The Kier molecular flexibility index (Phi) is 12.3. The van der Waals surface area contributed by atoms with Crippen molar-refractivity contribution < 1.29 is 18.0 Å². The number of hydrogen-bond donors (Lipinski definition) is 1. The fourth-order valence-corrected chi connectivity index (χ4v) is 7.86. The van der Waals surface area contributed by atoms with E-state index < -0.39 is 28.5 Å². The van der Waals surface area contributed by atoms with Gasteiger partial charge in [-0.15, -0.1) is 0 Å². The third kappa shape index (κ3) is 9.24. The number of nitrogens with one attached hydrogen (secondary N) is 1. The lowest BCUT2D eigenvalue weighted by Gasteiger charge is -2.35. The quantitative estimate of drug-likeness (QED) is 0.157. The van der Waals surface area contributed by atoms with Crippen LogP contribution in [0.15, 0.2) is 102 Å². The number of carbonyl (C=O) groups excluding carboxylic acids is 2. The maximum absolute atomic E-state index is 14.7. The van der Waals surface area contributed by atoms with E-state index in [1.165, 1.54) is 35.2 Å². The lowest BCUT2D eigenvalue weighted by Crippen LogP contribution is -2.55. The summed E-state index contributed by atoms with van der Waals surface area (Å²) < 4.78 is 29.3. The first-order chi connectivity index (χ1) is 23.0. The van der Waals surface area contributed by atoms with Crippen molar-refractivity contribution in [1.29, 1.82) is 0 Å². The van der Waals surface area contributed by atoms with Gasteiger partial charge in [0.25, 0.3) is 10.0 Å². The molecule has 4 aromatic rings. The largest absolute Gasteiger partial charge is 0.352 e. The normalized spacial score (nSPS) is 14.2. The SMILES string of the molecule is O=C(NC1CCCCC1)[C@@H](Cc1ccccc1)N(Cc1ccc(Cl)c(Cl)c1)C(=O)CN(c1cccc(Cl)c1)S(=O)(=O)c1ccc(Cl)cc1. The van der Waals surface area contributed by atoms with E-state index in [2.05, 4.69) is 5.32 Å². The van der Waals surface area contributed by atoms with Crippen LogP contribution in [0.4, 0.5) is 5.69 Å². The Labute approximate surface area is 301 Å². The fraction of sp³-hybridized carbons (Fsp3) is 0.278. The number of rotatable bonds is 12. The number of anilines is 1.